The van der Waals surface area contributed by atoms with Crippen molar-refractivity contribution < 1.29 is 14.6 Å². The van der Waals surface area contributed by atoms with E-state index in [-0.39, 0.29) is 18.2 Å². The van der Waals surface area contributed by atoms with Gasteiger partial charge in [0.05, 0.1) is 12.5 Å². The first-order valence-corrected chi connectivity index (χ1v) is 7.61. The van der Waals surface area contributed by atoms with Gasteiger partial charge in [-0.1, -0.05) is 13.8 Å². The minimum Gasteiger partial charge on any atom is -0.474 e. The molecule has 1 fully saturated rings. The molecular formula is C16H24N2O3. The average Bonchev–Trinajstić information content (AvgIpc) is 2.41. The number of carbonyl (C=O) groups excluding carboxylic acids is 1. The molecule has 1 atom stereocenters. The molecule has 0 spiro atoms. The zero-order valence-corrected chi connectivity index (χ0v) is 12.7. The van der Waals surface area contributed by atoms with Crippen molar-refractivity contribution in [3.05, 3.63) is 23.9 Å². The molecule has 0 aromatic carbocycles. The number of rotatable bonds is 7. The Morgan fingerprint density at radius 2 is 2.29 bits per heavy atom. The quantitative estimate of drug-likeness (QED) is 0.806. The number of hydrogen-bond acceptors (Lipinski definition) is 4. The van der Waals surface area contributed by atoms with Crippen LogP contribution in [-0.2, 0) is 11.3 Å². The number of nitrogens with one attached hydrogen (secondary N) is 1. The molecule has 0 bridgehead atoms. The third-order valence-electron chi connectivity index (χ3n) is 3.79. The van der Waals surface area contributed by atoms with Crippen LogP contribution in [0.2, 0.25) is 0 Å². The number of aromatic nitrogens is 1. The van der Waals surface area contributed by atoms with Crippen molar-refractivity contribution in [2.45, 2.75) is 58.3 Å². The lowest BCUT2D eigenvalue weighted by Crippen LogP contribution is -2.29. The summed E-state index contributed by atoms with van der Waals surface area (Å²) in [4.78, 5) is 15.9. The van der Waals surface area contributed by atoms with Gasteiger partial charge in [-0.2, -0.15) is 0 Å². The van der Waals surface area contributed by atoms with Gasteiger partial charge in [0.1, 0.15) is 6.10 Å². The van der Waals surface area contributed by atoms with Crippen LogP contribution in [0.1, 0.15) is 45.1 Å². The van der Waals surface area contributed by atoms with E-state index in [1.54, 1.807) is 6.20 Å². The fourth-order valence-electron chi connectivity index (χ4n) is 1.98. The summed E-state index contributed by atoms with van der Waals surface area (Å²) in [6.45, 7) is 4.21. The molecule has 2 rings (SSSR count). The van der Waals surface area contributed by atoms with Crippen LogP contribution in [0, 0.1) is 5.92 Å². The maximum atomic E-state index is 11.7. The van der Waals surface area contributed by atoms with Gasteiger partial charge in [-0.05, 0) is 36.8 Å². The number of amides is 1. The van der Waals surface area contributed by atoms with Crippen LogP contribution in [0.5, 0.6) is 5.88 Å². The van der Waals surface area contributed by atoms with Crippen molar-refractivity contribution >= 4 is 5.91 Å². The molecule has 5 heteroatoms. The van der Waals surface area contributed by atoms with Crippen molar-refractivity contribution in [3.63, 3.8) is 0 Å². The summed E-state index contributed by atoms with van der Waals surface area (Å²) in [5, 5.41) is 12.5. The summed E-state index contributed by atoms with van der Waals surface area (Å²) in [6.07, 6.45) is 4.93. The van der Waals surface area contributed by atoms with Gasteiger partial charge in [0.25, 0.3) is 0 Å². The smallest absolute Gasteiger partial charge is 0.222 e. The second kappa shape index (κ2) is 7.41. The molecular weight excluding hydrogens is 268 g/mol. The molecule has 0 aliphatic heterocycles. The van der Waals surface area contributed by atoms with Gasteiger partial charge in [-0.25, -0.2) is 4.98 Å². The molecule has 1 heterocycles. The third-order valence-corrected chi connectivity index (χ3v) is 3.79. The lowest BCUT2D eigenvalue weighted by atomic mass is 9.96. The van der Waals surface area contributed by atoms with Gasteiger partial charge in [0, 0.05) is 18.8 Å². The second-order valence-electron chi connectivity index (χ2n) is 5.97. The lowest BCUT2D eigenvalue weighted by molar-refractivity contribution is -0.123. The van der Waals surface area contributed by atoms with E-state index in [4.69, 9.17) is 4.74 Å². The Hall–Kier alpha value is -1.62. The highest BCUT2D eigenvalue weighted by molar-refractivity contribution is 5.76. The fraction of sp³-hybridized carbons (Fsp3) is 0.625. The predicted molar refractivity (Wildman–Crippen MR) is 79.8 cm³/mol. The molecule has 1 unspecified atom stereocenters. The lowest BCUT2D eigenvalue weighted by Gasteiger charge is -2.25. The van der Waals surface area contributed by atoms with E-state index in [9.17, 15) is 9.90 Å². The molecule has 2 N–H and O–H groups in total. The predicted octanol–water partition coefficient (Wildman–Crippen LogP) is 2.04. The maximum absolute atomic E-state index is 11.7. The topological polar surface area (TPSA) is 71.5 Å². The molecule has 1 saturated carbocycles. The van der Waals surface area contributed by atoms with E-state index in [2.05, 4.69) is 10.3 Å². The SMILES string of the molecule is CC(C)C(O)CC(=O)NCc1ccnc(OC2CCC2)c1. The minimum atomic E-state index is -0.597. The van der Waals surface area contributed by atoms with Crippen LogP contribution in [0.4, 0.5) is 0 Å². The van der Waals surface area contributed by atoms with E-state index in [0.717, 1.165) is 18.4 Å². The van der Waals surface area contributed by atoms with E-state index in [0.29, 0.717) is 18.5 Å². The first kappa shape index (κ1) is 15.8. The van der Waals surface area contributed by atoms with Crippen LogP contribution < -0.4 is 10.1 Å². The van der Waals surface area contributed by atoms with Crippen LogP contribution in [-0.4, -0.2) is 28.2 Å². The highest BCUT2D eigenvalue weighted by Crippen LogP contribution is 2.24. The second-order valence-corrected chi connectivity index (χ2v) is 5.97. The van der Waals surface area contributed by atoms with Crippen molar-refractivity contribution in [1.29, 1.82) is 0 Å². The Morgan fingerprint density at radius 1 is 1.52 bits per heavy atom. The zero-order chi connectivity index (χ0) is 15.2. The standard InChI is InChI=1S/C16H24N2O3/c1-11(2)14(19)9-15(20)18-10-12-6-7-17-16(8-12)21-13-4-3-5-13/h6-8,11,13-14,19H,3-5,9-10H2,1-2H3,(H,18,20). The van der Waals surface area contributed by atoms with Gasteiger partial charge in [-0.3, -0.25) is 4.79 Å². The van der Waals surface area contributed by atoms with Crippen LogP contribution in [0.15, 0.2) is 18.3 Å². The number of nitrogens with zero attached hydrogens (tertiary/aromatic N) is 1. The van der Waals surface area contributed by atoms with Crippen LogP contribution >= 0.6 is 0 Å². The van der Waals surface area contributed by atoms with Gasteiger partial charge in [0.15, 0.2) is 0 Å². The summed E-state index contributed by atoms with van der Waals surface area (Å²) in [7, 11) is 0. The Morgan fingerprint density at radius 3 is 2.90 bits per heavy atom. The first-order chi connectivity index (χ1) is 10.0. The number of pyridine rings is 1. The highest BCUT2D eigenvalue weighted by Gasteiger charge is 2.19. The number of hydrogen-bond donors (Lipinski definition) is 2. The fourth-order valence-corrected chi connectivity index (χ4v) is 1.98. The van der Waals surface area contributed by atoms with Gasteiger partial charge in [0.2, 0.25) is 11.8 Å². The molecule has 0 radical (unpaired) electrons. The normalized spacial score (nSPS) is 16.4. The average molecular weight is 292 g/mol. The molecule has 1 aliphatic rings. The number of carbonyl (C=O) groups is 1. The number of ether oxygens (including phenoxy) is 1. The summed E-state index contributed by atoms with van der Waals surface area (Å²) in [5.41, 5.74) is 0.951. The van der Waals surface area contributed by atoms with Crippen molar-refractivity contribution in [2.24, 2.45) is 5.92 Å². The van der Waals surface area contributed by atoms with Gasteiger partial charge in [-0.15, -0.1) is 0 Å². The first-order valence-electron chi connectivity index (χ1n) is 7.61. The molecule has 1 aliphatic carbocycles. The van der Waals surface area contributed by atoms with Crippen LogP contribution in [0.3, 0.4) is 0 Å². The molecule has 116 valence electrons. The third kappa shape index (κ3) is 5.01. The minimum absolute atomic E-state index is 0.0826. The largest absolute Gasteiger partial charge is 0.474 e. The molecule has 1 aromatic rings. The maximum Gasteiger partial charge on any atom is 0.222 e. The van der Waals surface area contributed by atoms with Crippen LogP contribution in [0.25, 0.3) is 0 Å². The van der Waals surface area contributed by atoms with E-state index in [1.165, 1.54) is 6.42 Å². The van der Waals surface area contributed by atoms with Gasteiger partial charge >= 0.3 is 0 Å². The Labute approximate surface area is 125 Å². The van der Waals surface area contributed by atoms with Gasteiger partial charge < -0.3 is 15.2 Å². The molecule has 1 aromatic heterocycles. The molecule has 5 nitrogen and oxygen atoms in total. The summed E-state index contributed by atoms with van der Waals surface area (Å²) in [5.74, 6) is 0.558. The van der Waals surface area contributed by atoms with E-state index in [1.807, 2.05) is 26.0 Å². The summed E-state index contributed by atoms with van der Waals surface area (Å²) >= 11 is 0. The summed E-state index contributed by atoms with van der Waals surface area (Å²) < 4.78 is 5.73. The molecule has 1 amide bonds. The Balaban J connectivity index is 1.79. The summed E-state index contributed by atoms with van der Waals surface area (Å²) in [6, 6.07) is 3.71. The Kier molecular flexibility index (Phi) is 5.56. The zero-order valence-electron chi connectivity index (χ0n) is 12.7. The highest BCUT2D eigenvalue weighted by atomic mass is 16.5. The van der Waals surface area contributed by atoms with Crippen molar-refractivity contribution in [2.75, 3.05) is 0 Å². The Bertz CT molecular complexity index is 472. The van der Waals surface area contributed by atoms with Crippen molar-refractivity contribution in [1.82, 2.24) is 10.3 Å². The number of aliphatic hydroxyl groups is 1. The van der Waals surface area contributed by atoms with Crippen molar-refractivity contribution in [3.8, 4) is 5.88 Å². The number of aliphatic hydroxyl groups excluding tert-OH is 1. The molecule has 21 heavy (non-hydrogen) atoms. The molecule has 0 saturated heterocycles. The monoisotopic (exact) mass is 292 g/mol. The van der Waals surface area contributed by atoms with E-state index < -0.39 is 6.10 Å². The van der Waals surface area contributed by atoms with E-state index >= 15 is 0 Å².